The molecule has 0 unspecified atom stereocenters. The molecule has 2 aromatic rings. The first-order chi connectivity index (χ1) is 13.2. The van der Waals surface area contributed by atoms with E-state index >= 15 is 0 Å². The SMILES string of the molecule is C1CC1.C[C@@]1(N)CN(c2c(F)cc3c(=O)c(C(=O)O)c[nH]c3c2Cl)CC12CC2. The number of aromatic carboxylic acids is 1. The number of carbonyl (C=O) groups is 1. The van der Waals surface area contributed by atoms with Crippen molar-refractivity contribution >= 4 is 34.2 Å². The second kappa shape index (κ2) is 6.46. The van der Waals surface area contributed by atoms with E-state index in [2.05, 4.69) is 4.98 Å². The Morgan fingerprint density at radius 3 is 2.46 bits per heavy atom. The fourth-order valence-electron chi connectivity index (χ4n) is 3.94. The summed E-state index contributed by atoms with van der Waals surface area (Å²) in [7, 11) is 0. The smallest absolute Gasteiger partial charge is 0.341 e. The molecule has 8 heteroatoms. The number of carboxylic acid groups (broad SMARTS) is 1. The van der Waals surface area contributed by atoms with Gasteiger partial charge in [-0.05, 0) is 25.8 Å². The zero-order valence-corrected chi connectivity index (χ0v) is 16.4. The van der Waals surface area contributed by atoms with Crippen LogP contribution in [0.15, 0.2) is 17.1 Å². The van der Waals surface area contributed by atoms with Crippen molar-refractivity contribution in [1.82, 2.24) is 4.98 Å². The Hall–Kier alpha value is -2.12. The van der Waals surface area contributed by atoms with E-state index in [0.29, 0.717) is 13.1 Å². The van der Waals surface area contributed by atoms with Gasteiger partial charge in [-0.2, -0.15) is 0 Å². The Bertz CT molecular complexity index is 1020. The van der Waals surface area contributed by atoms with Crippen LogP contribution in [0.25, 0.3) is 10.9 Å². The maximum absolute atomic E-state index is 14.8. The van der Waals surface area contributed by atoms with Gasteiger partial charge < -0.3 is 20.7 Å². The average Bonchev–Trinajstić information content (AvgIpc) is 3.49. The minimum Gasteiger partial charge on any atom is -0.477 e. The maximum Gasteiger partial charge on any atom is 0.341 e. The molecule has 1 spiro atoms. The van der Waals surface area contributed by atoms with Crippen LogP contribution in [0.1, 0.15) is 49.4 Å². The summed E-state index contributed by atoms with van der Waals surface area (Å²) in [6.07, 6.45) is 7.59. The fraction of sp³-hybridized carbons (Fsp3) is 0.500. The van der Waals surface area contributed by atoms with Gasteiger partial charge in [0, 0.05) is 30.2 Å². The zero-order valence-electron chi connectivity index (χ0n) is 15.6. The molecule has 0 bridgehead atoms. The van der Waals surface area contributed by atoms with E-state index in [1.54, 1.807) is 0 Å². The van der Waals surface area contributed by atoms with Gasteiger partial charge >= 0.3 is 5.97 Å². The lowest BCUT2D eigenvalue weighted by Gasteiger charge is -2.25. The molecule has 2 aliphatic carbocycles. The van der Waals surface area contributed by atoms with Crippen LogP contribution in [-0.2, 0) is 0 Å². The van der Waals surface area contributed by atoms with E-state index in [0.717, 1.165) is 25.1 Å². The van der Waals surface area contributed by atoms with Crippen LogP contribution in [0.4, 0.5) is 10.1 Å². The van der Waals surface area contributed by atoms with Gasteiger partial charge in [0.1, 0.15) is 11.4 Å². The van der Waals surface area contributed by atoms with E-state index in [9.17, 15) is 14.0 Å². The van der Waals surface area contributed by atoms with Crippen molar-refractivity contribution in [2.75, 3.05) is 18.0 Å². The molecule has 1 aromatic heterocycles. The van der Waals surface area contributed by atoms with Gasteiger partial charge in [-0.1, -0.05) is 30.9 Å². The number of benzene rings is 1. The molecule has 1 aliphatic heterocycles. The second-order valence-electron chi connectivity index (χ2n) is 8.39. The van der Waals surface area contributed by atoms with Gasteiger partial charge in [-0.15, -0.1) is 0 Å². The number of anilines is 1. The van der Waals surface area contributed by atoms with Crippen molar-refractivity contribution < 1.29 is 14.3 Å². The van der Waals surface area contributed by atoms with Crippen molar-refractivity contribution in [2.45, 2.75) is 44.6 Å². The van der Waals surface area contributed by atoms with E-state index in [-0.39, 0.29) is 27.0 Å². The number of pyridine rings is 1. The molecule has 2 saturated carbocycles. The minimum absolute atomic E-state index is 0.0156. The number of halogens is 2. The third-order valence-corrected chi connectivity index (χ3v) is 6.39. The molecule has 1 saturated heterocycles. The molecule has 1 atom stereocenters. The summed E-state index contributed by atoms with van der Waals surface area (Å²) in [4.78, 5) is 27.9. The third-order valence-electron chi connectivity index (χ3n) is 6.02. The quantitative estimate of drug-likeness (QED) is 0.707. The standard InChI is InChI=1S/C17H17ClFN3O3.C3H6/c1-16(20)6-22(7-17(16)2-3-17)13-10(19)4-8-12(11(13)18)21-5-9(14(8)23)15(24)25;1-2-3-1/h4-5H,2-3,6-7,20H2,1H3,(H,21,23)(H,24,25);1-3H2/t16-;/m1./s1. The van der Waals surface area contributed by atoms with Gasteiger partial charge in [-0.25, -0.2) is 9.18 Å². The lowest BCUT2D eigenvalue weighted by Crippen LogP contribution is -2.45. The largest absolute Gasteiger partial charge is 0.477 e. The summed E-state index contributed by atoms with van der Waals surface area (Å²) in [6, 6.07) is 1.05. The van der Waals surface area contributed by atoms with Gasteiger partial charge in [0.25, 0.3) is 0 Å². The topological polar surface area (TPSA) is 99.4 Å². The molecular formula is C20H23ClFN3O3. The Morgan fingerprint density at radius 2 is 1.96 bits per heavy atom. The normalized spacial score (nSPS) is 24.2. The second-order valence-corrected chi connectivity index (χ2v) is 8.77. The molecule has 150 valence electrons. The summed E-state index contributed by atoms with van der Waals surface area (Å²) >= 11 is 6.40. The minimum atomic E-state index is -1.38. The van der Waals surface area contributed by atoms with Crippen LogP contribution >= 0.6 is 11.6 Å². The summed E-state index contributed by atoms with van der Waals surface area (Å²) in [5.74, 6) is -2.03. The van der Waals surface area contributed by atoms with Crippen LogP contribution in [0.5, 0.6) is 0 Å². The molecule has 1 aromatic carbocycles. The molecule has 0 amide bonds. The van der Waals surface area contributed by atoms with Crippen LogP contribution in [-0.4, -0.2) is 34.7 Å². The number of aromatic amines is 1. The molecule has 4 N–H and O–H groups in total. The van der Waals surface area contributed by atoms with E-state index in [1.807, 2.05) is 11.8 Å². The molecule has 3 aliphatic rings. The number of nitrogens with one attached hydrogen (secondary N) is 1. The summed E-state index contributed by atoms with van der Waals surface area (Å²) < 4.78 is 14.8. The van der Waals surface area contributed by atoms with Gasteiger partial charge in [0.15, 0.2) is 0 Å². The zero-order chi connectivity index (χ0) is 20.3. The molecule has 28 heavy (non-hydrogen) atoms. The summed E-state index contributed by atoms with van der Waals surface area (Å²) in [5, 5.41) is 9.03. The molecule has 5 rings (SSSR count). The molecular weight excluding hydrogens is 385 g/mol. The highest BCUT2D eigenvalue weighted by Gasteiger charge is 2.60. The van der Waals surface area contributed by atoms with Crippen LogP contribution in [0.3, 0.4) is 0 Å². The monoisotopic (exact) mass is 407 g/mol. The van der Waals surface area contributed by atoms with Crippen molar-refractivity contribution in [3.63, 3.8) is 0 Å². The van der Waals surface area contributed by atoms with Crippen LogP contribution in [0, 0.1) is 11.2 Å². The third kappa shape index (κ3) is 3.06. The number of nitrogens with two attached hydrogens (primary N) is 1. The lowest BCUT2D eigenvalue weighted by atomic mass is 9.87. The Morgan fingerprint density at radius 1 is 1.32 bits per heavy atom. The fourth-order valence-corrected chi connectivity index (χ4v) is 4.30. The number of nitrogens with zero attached hydrogens (tertiary/aromatic N) is 1. The predicted molar refractivity (Wildman–Crippen MR) is 107 cm³/mol. The number of rotatable bonds is 2. The van der Waals surface area contributed by atoms with E-state index in [1.165, 1.54) is 19.3 Å². The summed E-state index contributed by atoms with van der Waals surface area (Å²) in [5.41, 5.74) is 5.16. The predicted octanol–water partition coefficient (Wildman–Crippen LogP) is 3.51. The van der Waals surface area contributed by atoms with Crippen molar-refractivity contribution in [3.8, 4) is 0 Å². The highest BCUT2D eigenvalue weighted by molar-refractivity contribution is 6.38. The number of aromatic nitrogens is 1. The van der Waals surface area contributed by atoms with Gasteiger partial charge in [0.05, 0.1) is 21.6 Å². The Balaban J connectivity index is 0.000000586. The first-order valence-electron chi connectivity index (χ1n) is 9.47. The van der Waals surface area contributed by atoms with Crippen molar-refractivity contribution in [1.29, 1.82) is 0 Å². The Labute approximate surface area is 166 Å². The van der Waals surface area contributed by atoms with Gasteiger partial charge in [-0.3, -0.25) is 4.79 Å². The number of H-pyrrole nitrogens is 1. The average molecular weight is 408 g/mol. The van der Waals surface area contributed by atoms with E-state index < -0.39 is 28.3 Å². The maximum atomic E-state index is 14.8. The molecule has 0 radical (unpaired) electrons. The van der Waals surface area contributed by atoms with Crippen molar-refractivity contribution in [2.24, 2.45) is 11.1 Å². The van der Waals surface area contributed by atoms with Gasteiger partial charge in [0.2, 0.25) is 5.43 Å². The highest BCUT2D eigenvalue weighted by Crippen LogP contribution is 2.58. The van der Waals surface area contributed by atoms with Crippen LogP contribution in [0.2, 0.25) is 5.02 Å². The van der Waals surface area contributed by atoms with Crippen LogP contribution < -0.4 is 16.1 Å². The number of carboxylic acids is 1. The molecule has 2 heterocycles. The highest BCUT2D eigenvalue weighted by atomic mass is 35.5. The number of hydrogen-bond donors (Lipinski definition) is 3. The first-order valence-corrected chi connectivity index (χ1v) is 9.85. The molecule has 3 fully saturated rings. The number of hydrogen-bond acceptors (Lipinski definition) is 4. The Kier molecular flexibility index (Phi) is 4.43. The van der Waals surface area contributed by atoms with E-state index in [4.69, 9.17) is 22.4 Å². The van der Waals surface area contributed by atoms with Crippen molar-refractivity contribution in [3.05, 3.63) is 38.9 Å². The lowest BCUT2D eigenvalue weighted by molar-refractivity contribution is 0.0695. The number of fused-ring (bicyclic) bond motifs is 1. The summed E-state index contributed by atoms with van der Waals surface area (Å²) in [6.45, 7) is 3.04. The first kappa shape index (κ1) is 19.2. The molecule has 6 nitrogen and oxygen atoms in total.